The molecule has 0 radical (unpaired) electrons. The van der Waals surface area contributed by atoms with Crippen molar-refractivity contribution in [1.82, 2.24) is 11.0 Å². The average Bonchev–Trinajstić information content (AvgIpc) is 2.37. The van der Waals surface area contributed by atoms with Gasteiger partial charge in [-0.1, -0.05) is 0 Å². The van der Waals surface area contributed by atoms with E-state index in [1.165, 1.54) is 0 Å². The highest BCUT2D eigenvalue weighted by Crippen LogP contribution is 2.35. The Balaban J connectivity index is 2.24. The first-order chi connectivity index (χ1) is 11.8. The van der Waals surface area contributed by atoms with Crippen LogP contribution in [-0.4, -0.2) is 35.3 Å². The largest absolute Gasteiger partial charge is 0.442 e. The topological polar surface area (TPSA) is 129 Å². The lowest BCUT2D eigenvalue weighted by Crippen LogP contribution is -2.43. The molecular weight excluding hydrogens is 348 g/mol. The molecule has 1 saturated carbocycles. The van der Waals surface area contributed by atoms with E-state index >= 15 is 0 Å². The molecule has 0 aliphatic heterocycles. The zero-order valence-electron chi connectivity index (χ0n) is 15.8. The minimum absolute atomic E-state index is 0.184. The smallest absolute Gasteiger partial charge is 0.441 e. The van der Waals surface area contributed by atoms with Crippen LogP contribution in [0.1, 0.15) is 54.4 Å². The maximum atomic E-state index is 11.8. The predicted molar refractivity (Wildman–Crippen MR) is 87.1 cm³/mol. The molecule has 10 heteroatoms. The summed E-state index contributed by atoms with van der Waals surface area (Å²) < 4.78 is 9.83. The van der Waals surface area contributed by atoms with E-state index in [1.807, 2.05) is 11.0 Å². The van der Waals surface area contributed by atoms with E-state index in [9.17, 15) is 19.2 Å². The molecule has 0 aromatic rings. The van der Waals surface area contributed by atoms with Gasteiger partial charge < -0.3 is 19.1 Å². The van der Waals surface area contributed by atoms with Gasteiger partial charge in [0.25, 0.3) is 0 Å². The number of hydroxylamine groups is 2. The molecule has 0 aromatic heterocycles. The molecule has 1 rings (SSSR count). The van der Waals surface area contributed by atoms with E-state index in [0.29, 0.717) is 0 Å². The lowest BCUT2D eigenvalue weighted by molar-refractivity contribution is -0.169. The lowest BCUT2D eigenvalue weighted by atomic mass is 9.75. The summed E-state index contributed by atoms with van der Waals surface area (Å²) in [7, 11) is 0. The second kappa shape index (κ2) is 8.24. The van der Waals surface area contributed by atoms with Crippen molar-refractivity contribution in [3.05, 3.63) is 0 Å². The highest BCUT2D eigenvalue weighted by atomic mass is 16.7. The average molecular weight is 374 g/mol. The first-order valence-corrected chi connectivity index (χ1v) is 8.16. The van der Waals surface area contributed by atoms with Crippen molar-refractivity contribution in [2.75, 3.05) is 0 Å². The van der Waals surface area contributed by atoms with Crippen molar-refractivity contribution < 1.29 is 38.3 Å². The molecule has 10 nitrogen and oxygen atoms in total. The molecule has 0 unspecified atom stereocenters. The quantitative estimate of drug-likeness (QED) is 0.554. The number of ether oxygens (including phenoxy) is 2. The SMILES string of the molecule is CC(C)(C)OC(=O)NOC(=O)C1CC(C(=O)ONC(=O)OC(C)(C)C)C1. The second-order valence-electron chi connectivity index (χ2n) is 7.92. The Morgan fingerprint density at radius 3 is 1.27 bits per heavy atom. The Labute approximate surface area is 151 Å². The van der Waals surface area contributed by atoms with Gasteiger partial charge in [0, 0.05) is 0 Å². The van der Waals surface area contributed by atoms with Crippen LogP contribution in [0.5, 0.6) is 0 Å². The van der Waals surface area contributed by atoms with Crippen LogP contribution in [0.2, 0.25) is 0 Å². The zero-order valence-corrected chi connectivity index (χ0v) is 15.8. The summed E-state index contributed by atoms with van der Waals surface area (Å²) in [5.41, 5.74) is 2.35. The minimum atomic E-state index is -0.886. The first kappa shape index (κ1) is 21.5. The lowest BCUT2D eigenvalue weighted by Gasteiger charge is -2.31. The van der Waals surface area contributed by atoms with Crippen molar-refractivity contribution in [1.29, 1.82) is 0 Å². The maximum absolute atomic E-state index is 11.8. The summed E-state index contributed by atoms with van der Waals surface area (Å²) >= 11 is 0. The molecule has 2 amide bonds. The highest BCUT2D eigenvalue weighted by Gasteiger charge is 2.42. The molecule has 148 valence electrons. The molecule has 0 aromatic carbocycles. The summed E-state index contributed by atoms with van der Waals surface area (Å²) in [6, 6.07) is 0. The third-order valence-corrected chi connectivity index (χ3v) is 3.07. The normalized spacial score (nSPS) is 19.5. The number of carbonyl (C=O) groups is 4. The summed E-state index contributed by atoms with van der Waals surface area (Å²) in [5.74, 6) is -2.46. The first-order valence-electron chi connectivity index (χ1n) is 8.16. The molecule has 1 aliphatic rings. The van der Waals surface area contributed by atoms with Crippen LogP contribution in [-0.2, 0) is 28.7 Å². The number of amides is 2. The second-order valence-corrected chi connectivity index (χ2v) is 7.92. The van der Waals surface area contributed by atoms with Crippen molar-refractivity contribution in [3.8, 4) is 0 Å². The van der Waals surface area contributed by atoms with Gasteiger partial charge in [0.1, 0.15) is 11.2 Å². The Morgan fingerprint density at radius 2 is 1.00 bits per heavy atom. The molecule has 0 bridgehead atoms. The molecule has 0 saturated heterocycles. The van der Waals surface area contributed by atoms with Gasteiger partial charge in [-0.25, -0.2) is 19.2 Å². The third-order valence-electron chi connectivity index (χ3n) is 3.07. The molecule has 0 atom stereocenters. The fraction of sp³-hybridized carbons (Fsp3) is 0.750. The molecule has 2 N–H and O–H groups in total. The van der Waals surface area contributed by atoms with Crippen molar-refractivity contribution in [2.45, 2.75) is 65.6 Å². The van der Waals surface area contributed by atoms with Gasteiger partial charge in [-0.05, 0) is 54.4 Å². The zero-order chi connectivity index (χ0) is 20.1. The standard InChI is InChI=1S/C16H26N2O8/c1-15(2,3)23-13(21)17-25-11(19)9-7-10(8-9)12(20)26-18-14(22)24-16(4,5)6/h9-10H,7-8H2,1-6H3,(H,17,21)(H,18,22). The van der Waals surface area contributed by atoms with Gasteiger partial charge in [0.05, 0.1) is 11.8 Å². The molecule has 1 fully saturated rings. The van der Waals surface area contributed by atoms with Gasteiger partial charge in [-0.15, -0.1) is 11.0 Å². The Kier molecular flexibility index (Phi) is 6.82. The van der Waals surface area contributed by atoms with Crippen molar-refractivity contribution in [3.63, 3.8) is 0 Å². The van der Waals surface area contributed by atoms with E-state index < -0.39 is 47.2 Å². The van der Waals surface area contributed by atoms with Gasteiger partial charge in [0.2, 0.25) is 0 Å². The monoisotopic (exact) mass is 374 g/mol. The van der Waals surface area contributed by atoms with Gasteiger partial charge in [0.15, 0.2) is 0 Å². The van der Waals surface area contributed by atoms with E-state index in [0.717, 1.165) is 0 Å². The molecular formula is C16H26N2O8. The summed E-state index contributed by atoms with van der Waals surface area (Å²) in [6.07, 6.45) is -1.40. The molecule has 1 aliphatic carbocycles. The van der Waals surface area contributed by atoms with E-state index in [-0.39, 0.29) is 12.8 Å². The van der Waals surface area contributed by atoms with Gasteiger partial charge >= 0.3 is 24.1 Å². The number of nitrogens with one attached hydrogen (secondary N) is 2. The maximum Gasteiger partial charge on any atom is 0.441 e. The van der Waals surface area contributed by atoms with Crippen LogP contribution in [0.4, 0.5) is 9.59 Å². The fourth-order valence-corrected chi connectivity index (χ4v) is 1.95. The van der Waals surface area contributed by atoms with Gasteiger partial charge in [-0.2, -0.15) is 0 Å². The van der Waals surface area contributed by atoms with Crippen LogP contribution < -0.4 is 11.0 Å². The fourth-order valence-electron chi connectivity index (χ4n) is 1.95. The van der Waals surface area contributed by atoms with Crippen LogP contribution in [0.3, 0.4) is 0 Å². The Bertz CT molecular complexity index is 508. The van der Waals surface area contributed by atoms with Crippen molar-refractivity contribution in [2.24, 2.45) is 11.8 Å². The highest BCUT2D eigenvalue weighted by molar-refractivity contribution is 5.81. The van der Waals surface area contributed by atoms with Crippen molar-refractivity contribution >= 4 is 24.1 Å². The predicted octanol–water partition coefficient (Wildman–Crippen LogP) is 1.98. The Hall–Kier alpha value is -2.52. The van der Waals surface area contributed by atoms with Gasteiger partial charge in [-0.3, -0.25) is 0 Å². The van der Waals surface area contributed by atoms with E-state index in [4.69, 9.17) is 9.47 Å². The van der Waals surface area contributed by atoms with E-state index in [1.54, 1.807) is 41.5 Å². The van der Waals surface area contributed by atoms with Crippen LogP contribution >= 0.6 is 0 Å². The number of carbonyl (C=O) groups excluding carboxylic acids is 4. The van der Waals surface area contributed by atoms with Crippen LogP contribution in [0.25, 0.3) is 0 Å². The van der Waals surface area contributed by atoms with E-state index in [2.05, 4.69) is 9.68 Å². The number of hydrogen-bond acceptors (Lipinski definition) is 8. The molecule has 26 heavy (non-hydrogen) atoms. The summed E-state index contributed by atoms with van der Waals surface area (Å²) in [6.45, 7) is 10.0. The summed E-state index contributed by atoms with van der Waals surface area (Å²) in [5, 5.41) is 0. The summed E-state index contributed by atoms with van der Waals surface area (Å²) in [4.78, 5) is 55.5. The number of rotatable bonds is 2. The van der Waals surface area contributed by atoms with Crippen LogP contribution in [0.15, 0.2) is 0 Å². The number of hydrogen-bond donors (Lipinski definition) is 2. The minimum Gasteiger partial charge on any atom is -0.442 e. The molecule has 0 spiro atoms. The Morgan fingerprint density at radius 1 is 0.692 bits per heavy atom. The third kappa shape index (κ3) is 8.04. The molecule has 0 heterocycles. The van der Waals surface area contributed by atoms with Crippen LogP contribution in [0, 0.1) is 11.8 Å².